The van der Waals surface area contributed by atoms with Gasteiger partial charge in [0.2, 0.25) is 5.91 Å². The fourth-order valence-electron chi connectivity index (χ4n) is 6.80. The van der Waals surface area contributed by atoms with Crippen molar-refractivity contribution in [2.24, 2.45) is 17.3 Å². The molecule has 2 aromatic carbocycles. The number of aromatic nitrogens is 1. The topological polar surface area (TPSA) is 96.8 Å². The number of aliphatic carboxylic acids is 1. The number of nitrogens with zero attached hydrogens (tertiary/aromatic N) is 2. The third-order valence-corrected chi connectivity index (χ3v) is 10.7. The van der Waals surface area contributed by atoms with E-state index in [1.165, 1.54) is 11.3 Å². The fraction of sp³-hybridized carbons (Fsp3) is 0.471. The molecule has 1 saturated carbocycles. The van der Waals surface area contributed by atoms with Crippen molar-refractivity contribution in [2.45, 2.75) is 76.9 Å². The molecular formula is C34H37BrN2O5S. The number of hydrogen-bond acceptors (Lipinski definition) is 6. The zero-order chi connectivity index (χ0) is 30.1. The Balaban J connectivity index is 1.29. The first-order valence-electron chi connectivity index (χ1n) is 15.2. The second-order valence-corrected chi connectivity index (χ2v) is 14.4. The van der Waals surface area contributed by atoms with Crippen molar-refractivity contribution >= 4 is 55.1 Å². The molecule has 7 nitrogen and oxygen atoms in total. The minimum absolute atomic E-state index is 0.0381. The number of halogens is 1. The predicted molar refractivity (Wildman–Crippen MR) is 170 cm³/mol. The number of carboxylic acid groups (broad SMARTS) is 1. The van der Waals surface area contributed by atoms with Gasteiger partial charge in [-0.25, -0.2) is 4.98 Å². The summed E-state index contributed by atoms with van der Waals surface area (Å²) in [6.45, 7) is 2.33. The zero-order valence-corrected chi connectivity index (χ0v) is 26.7. The molecule has 1 N–H and O–H groups in total. The van der Waals surface area contributed by atoms with Crippen molar-refractivity contribution in [2.75, 3.05) is 6.54 Å². The molecule has 3 aliphatic rings. The van der Waals surface area contributed by atoms with E-state index in [4.69, 9.17) is 4.74 Å². The quantitative estimate of drug-likeness (QED) is 0.291. The van der Waals surface area contributed by atoms with Gasteiger partial charge in [-0.2, -0.15) is 0 Å². The highest BCUT2D eigenvalue weighted by atomic mass is 79.9. The van der Waals surface area contributed by atoms with E-state index < -0.39 is 23.5 Å². The van der Waals surface area contributed by atoms with E-state index in [0.29, 0.717) is 24.5 Å². The van der Waals surface area contributed by atoms with Crippen molar-refractivity contribution in [1.29, 1.82) is 0 Å². The summed E-state index contributed by atoms with van der Waals surface area (Å²) in [5.41, 5.74) is 2.01. The Morgan fingerprint density at radius 2 is 2.05 bits per heavy atom. The Hall–Kier alpha value is -3.04. The van der Waals surface area contributed by atoms with Gasteiger partial charge in [-0.05, 0) is 68.7 Å². The first kappa shape index (κ1) is 30.0. The van der Waals surface area contributed by atoms with Crippen LogP contribution in [0.5, 0.6) is 5.19 Å². The average Bonchev–Trinajstić information content (AvgIpc) is 3.29. The van der Waals surface area contributed by atoms with Gasteiger partial charge in [-0.1, -0.05) is 82.1 Å². The van der Waals surface area contributed by atoms with Crippen LogP contribution in [-0.2, 0) is 20.8 Å². The van der Waals surface area contributed by atoms with Crippen molar-refractivity contribution in [1.82, 2.24) is 9.88 Å². The lowest BCUT2D eigenvalue weighted by Crippen LogP contribution is -2.45. The lowest BCUT2D eigenvalue weighted by Gasteiger charge is -2.29. The van der Waals surface area contributed by atoms with Gasteiger partial charge >= 0.3 is 5.97 Å². The van der Waals surface area contributed by atoms with Crippen LogP contribution in [0, 0.1) is 24.2 Å². The molecule has 0 radical (unpaired) electrons. The summed E-state index contributed by atoms with van der Waals surface area (Å²) in [6.07, 6.45) is 9.54. The molecule has 9 heteroatoms. The SMILES string of the molecule is Cc1cccc(C[C@H]2CCCCC/C=C\[C@H]3C[C@@]3(C(=O)O)CC(=O)[C@@H]3C[C@@H](Oc4nc5ccc(Br)cc5s4)CN3C2=O)c1. The molecule has 0 bridgehead atoms. The highest BCUT2D eigenvalue weighted by molar-refractivity contribution is 9.10. The molecule has 0 spiro atoms. The molecule has 1 saturated heterocycles. The Labute approximate surface area is 264 Å². The number of allylic oxidation sites excluding steroid dienone is 2. The lowest BCUT2D eigenvalue weighted by molar-refractivity contribution is -0.147. The van der Waals surface area contributed by atoms with E-state index in [-0.39, 0.29) is 36.5 Å². The molecule has 1 amide bonds. The monoisotopic (exact) mass is 664 g/mol. The number of hydrogen-bond donors (Lipinski definition) is 1. The van der Waals surface area contributed by atoms with Crippen LogP contribution in [-0.4, -0.2) is 51.3 Å². The van der Waals surface area contributed by atoms with Gasteiger partial charge in [-0.3, -0.25) is 14.4 Å². The molecule has 1 aromatic heterocycles. The second-order valence-electron chi connectivity index (χ2n) is 12.4. The van der Waals surface area contributed by atoms with E-state index in [0.717, 1.165) is 57.9 Å². The molecule has 3 aromatic rings. The summed E-state index contributed by atoms with van der Waals surface area (Å²) in [5, 5.41) is 10.7. The number of thiazole rings is 1. The summed E-state index contributed by atoms with van der Waals surface area (Å²) < 4.78 is 8.28. The molecule has 0 unspecified atom stereocenters. The Kier molecular flexibility index (Phi) is 8.74. The highest BCUT2D eigenvalue weighted by Crippen LogP contribution is 2.57. The van der Waals surface area contributed by atoms with Gasteiger partial charge in [0.15, 0.2) is 5.78 Å². The van der Waals surface area contributed by atoms with Crippen molar-refractivity contribution in [3.63, 3.8) is 0 Å². The maximum atomic E-state index is 14.4. The summed E-state index contributed by atoms with van der Waals surface area (Å²) in [7, 11) is 0. The number of amides is 1. The van der Waals surface area contributed by atoms with Crippen LogP contribution in [0.1, 0.15) is 62.5 Å². The van der Waals surface area contributed by atoms with Crippen molar-refractivity contribution in [3.8, 4) is 5.19 Å². The van der Waals surface area contributed by atoms with Crippen LogP contribution in [0.3, 0.4) is 0 Å². The minimum Gasteiger partial charge on any atom is -0.481 e. The van der Waals surface area contributed by atoms with E-state index >= 15 is 0 Å². The van der Waals surface area contributed by atoms with Crippen LogP contribution in [0.2, 0.25) is 0 Å². The van der Waals surface area contributed by atoms with Gasteiger partial charge in [0.05, 0.1) is 28.2 Å². The third-order valence-electron chi connectivity index (χ3n) is 9.27. The number of carbonyl (C=O) groups excluding carboxylic acids is 2. The second kappa shape index (κ2) is 12.5. The van der Waals surface area contributed by atoms with Crippen LogP contribution >= 0.6 is 27.3 Å². The Morgan fingerprint density at radius 1 is 1.19 bits per heavy atom. The molecule has 5 atom stereocenters. The average molecular weight is 666 g/mol. The molecule has 2 aliphatic heterocycles. The summed E-state index contributed by atoms with van der Waals surface area (Å²) in [5.74, 6) is -1.56. The zero-order valence-electron chi connectivity index (χ0n) is 24.3. The predicted octanol–water partition coefficient (Wildman–Crippen LogP) is 7.14. The number of fused-ring (bicyclic) bond motifs is 3. The molecule has 3 heterocycles. The first-order valence-corrected chi connectivity index (χ1v) is 16.8. The van der Waals surface area contributed by atoms with Crippen LogP contribution in [0.15, 0.2) is 59.1 Å². The minimum atomic E-state index is -1.08. The standard InChI is InChI=1S/C34H37BrN2O5S/c1-21-8-7-9-22(14-21)15-23-10-5-3-2-4-6-11-24-18-34(24,32(40)41)19-29(38)28-17-26(20-37(28)31(23)39)42-33-36-27-13-12-25(35)16-30(27)43-33/h6-9,11-14,16,23-24,26,28H,2-5,10,15,17-20H2,1H3,(H,40,41)/b11-6-/t23-,24+,26-,28+,34-/m1/s1. The lowest BCUT2D eigenvalue weighted by atomic mass is 9.90. The summed E-state index contributed by atoms with van der Waals surface area (Å²) >= 11 is 4.94. The van der Waals surface area contributed by atoms with E-state index in [1.807, 2.05) is 30.3 Å². The summed E-state index contributed by atoms with van der Waals surface area (Å²) in [4.78, 5) is 47.1. The maximum Gasteiger partial charge on any atom is 0.310 e. The van der Waals surface area contributed by atoms with Crippen LogP contribution in [0.4, 0.5) is 0 Å². The number of carbonyl (C=O) groups is 3. The third kappa shape index (κ3) is 6.58. The molecule has 226 valence electrons. The number of Topliss-reactive ketones (excluding diaryl/α,β-unsaturated/α-hetero) is 1. The molecular weight excluding hydrogens is 628 g/mol. The van der Waals surface area contributed by atoms with E-state index in [9.17, 15) is 19.5 Å². The molecule has 2 fully saturated rings. The highest BCUT2D eigenvalue weighted by Gasteiger charge is 2.61. The van der Waals surface area contributed by atoms with Crippen LogP contribution in [0.25, 0.3) is 10.2 Å². The number of aryl methyl sites for hydroxylation is 1. The number of rotatable bonds is 5. The van der Waals surface area contributed by atoms with Crippen LogP contribution < -0.4 is 4.74 Å². The van der Waals surface area contributed by atoms with Gasteiger partial charge < -0.3 is 14.7 Å². The van der Waals surface area contributed by atoms with Gasteiger partial charge in [-0.15, -0.1) is 0 Å². The largest absolute Gasteiger partial charge is 0.481 e. The van der Waals surface area contributed by atoms with Gasteiger partial charge in [0.1, 0.15) is 6.10 Å². The number of carboxylic acids is 1. The Morgan fingerprint density at radius 3 is 2.86 bits per heavy atom. The van der Waals surface area contributed by atoms with Gasteiger partial charge in [0, 0.05) is 23.2 Å². The number of ketones is 1. The van der Waals surface area contributed by atoms with Crippen molar-refractivity contribution in [3.05, 3.63) is 70.2 Å². The van der Waals surface area contributed by atoms with Gasteiger partial charge in [0.25, 0.3) is 5.19 Å². The Bertz CT molecular complexity index is 1570. The number of ether oxygens (including phenoxy) is 1. The fourth-order valence-corrected chi connectivity index (χ4v) is 8.24. The maximum absolute atomic E-state index is 14.4. The molecule has 6 rings (SSSR count). The normalized spacial score (nSPS) is 28.9. The molecule has 43 heavy (non-hydrogen) atoms. The molecule has 1 aliphatic carbocycles. The number of benzene rings is 2. The van der Waals surface area contributed by atoms with Crippen molar-refractivity contribution < 1.29 is 24.2 Å². The smallest absolute Gasteiger partial charge is 0.310 e. The van der Waals surface area contributed by atoms with E-state index in [1.54, 1.807) is 4.90 Å². The van der Waals surface area contributed by atoms with E-state index in [2.05, 4.69) is 52.1 Å². The first-order chi connectivity index (χ1) is 20.7. The summed E-state index contributed by atoms with van der Waals surface area (Å²) in [6, 6.07) is 13.4.